The highest BCUT2D eigenvalue weighted by atomic mass is 79.9. The van der Waals surface area contributed by atoms with E-state index in [1.165, 1.54) is 36.4 Å². The first-order chi connectivity index (χ1) is 10.5. The summed E-state index contributed by atoms with van der Waals surface area (Å²) in [6.45, 7) is 0.140. The fourth-order valence-electron chi connectivity index (χ4n) is 1.83. The van der Waals surface area contributed by atoms with Gasteiger partial charge in [-0.2, -0.15) is 0 Å². The van der Waals surface area contributed by atoms with E-state index in [2.05, 4.69) is 21.2 Å². The third kappa shape index (κ3) is 3.94. The van der Waals surface area contributed by atoms with Gasteiger partial charge in [0.25, 0.3) is 5.91 Å². The summed E-state index contributed by atoms with van der Waals surface area (Å²) in [7, 11) is 1.49. The summed E-state index contributed by atoms with van der Waals surface area (Å²) in [5.74, 6) is -1.01. The second-order valence-corrected chi connectivity index (χ2v) is 5.45. The molecule has 0 aliphatic heterocycles. The molecule has 1 N–H and O–H groups in total. The number of hydrogen-bond acceptors (Lipinski definition) is 3. The molecule has 0 saturated carbocycles. The molecule has 2 aromatic rings. The third-order valence-electron chi connectivity index (χ3n) is 3.01. The van der Waals surface area contributed by atoms with Crippen LogP contribution in [0.5, 0.6) is 0 Å². The number of halogens is 2. The summed E-state index contributed by atoms with van der Waals surface area (Å²) in [6, 6.07) is 7.59. The number of carbonyl (C=O) groups is 2. The van der Waals surface area contributed by atoms with Gasteiger partial charge in [-0.05, 0) is 30.3 Å². The van der Waals surface area contributed by atoms with Crippen LogP contribution in [0, 0.1) is 5.82 Å². The molecule has 0 aliphatic rings. The van der Waals surface area contributed by atoms with Crippen molar-refractivity contribution in [3.05, 3.63) is 52.6 Å². The summed E-state index contributed by atoms with van der Waals surface area (Å²) in [4.78, 5) is 24.9. The van der Waals surface area contributed by atoms with Crippen LogP contribution in [0.1, 0.15) is 17.0 Å². The van der Waals surface area contributed by atoms with Crippen LogP contribution in [-0.2, 0) is 4.79 Å². The average Bonchev–Trinajstić information content (AvgIpc) is 3.00. The number of carbonyl (C=O) groups excluding carboxylic acids is 2. The zero-order valence-electron chi connectivity index (χ0n) is 11.8. The zero-order valence-corrected chi connectivity index (χ0v) is 13.4. The molecule has 22 heavy (non-hydrogen) atoms. The van der Waals surface area contributed by atoms with Crippen LogP contribution in [0.15, 0.2) is 45.5 Å². The summed E-state index contributed by atoms with van der Waals surface area (Å²) in [5, 5.41) is 2.56. The molecule has 0 aliphatic carbocycles. The fourth-order valence-corrected chi connectivity index (χ4v) is 2.17. The smallest absolute Gasteiger partial charge is 0.286 e. The Morgan fingerprint density at radius 3 is 2.77 bits per heavy atom. The molecule has 0 fully saturated rings. The van der Waals surface area contributed by atoms with E-state index in [1.807, 2.05) is 0 Å². The standard InChI is InChI=1S/C15H14BrFN2O3/c1-19(12-5-4-10(16)9-11(12)17)14(20)6-7-18-15(21)13-3-2-8-22-13/h2-5,8-9H,6-7H2,1H3,(H,18,21). The third-order valence-corrected chi connectivity index (χ3v) is 3.51. The zero-order chi connectivity index (χ0) is 16.1. The number of nitrogens with zero attached hydrogens (tertiary/aromatic N) is 1. The maximum absolute atomic E-state index is 13.8. The maximum Gasteiger partial charge on any atom is 0.286 e. The number of nitrogens with one attached hydrogen (secondary N) is 1. The quantitative estimate of drug-likeness (QED) is 0.882. The Balaban J connectivity index is 1.88. The first-order valence-electron chi connectivity index (χ1n) is 6.52. The van der Waals surface area contributed by atoms with E-state index in [9.17, 15) is 14.0 Å². The molecule has 0 atom stereocenters. The molecule has 1 heterocycles. The van der Waals surface area contributed by atoms with Crippen LogP contribution < -0.4 is 10.2 Å². The lowest BCUT2D eigenvalue weighted by Gasteiger charge is -2.18. The molecule has 0 spiro atoms. The molecule has 7 heteroatoms. The van der Waals surface area contributed by atoms with Crippen LogP contribution >= 0.6 is 15.9 Å². The molecule has 1 aromatic heterocycles. The molecule has 0 unspecified atom stereocenters. The molecule has 2 rings (SSSR count). The molecule has 0 bridgehead atoms. The second-order valence-electron chi connectivity index (χ2n) is 4.53. The van der Waals surface area contributed by atoms with Crippen molar-refractivity contribution >= 4 is 33.4 Å². The summed E-state index contributed by atoms with van der Waals surface area (Å²) in [5.41, 5.74) is 0.186. The van der Waals surface area contributed by atoms with E-state index in [1.54, 1.807) is 12.1 Å². The minimum absolute atomic E-state index is 0.0540. The van der Waals surface area contributed by atoms with Crippen LogP contribution in [0.4, 0.5) is 10.1 Å². The molecular weight excluding hydrogens is 355 g/mol. The van der Waals surface area contributed by atoms with E-state index in [-0.39, 0.29) is 30.3 Å². The first kappa shape index (κ1) is 16.2. The van der Waals surface area contributed by atoms with Gasteiger partial charge in [-0.3, -0.25) is 9.59 Å². The SMILES string of the molecule is CN(C(=O)CCNC(=O)c1ccco1)c1ccc(Br)cc1F. The van der Waals surface area contributed by atoms with Gasteiger partial charge in [0.05, 0.1) is 12.0 Å². The fraction of sp³-hybridized carbons (Fsp3) is 0.200. The van der Waals surface area contributed by atoms with Crippen molar-refractivity contribution in [3.63, 3.8) is 0 Å². The van der Waals surface area contributed by atoms with Gasteiger partial charge in [-0.25, -0.2) is 4.39 Å². The molecule has 0 saturated heterocycles. The monoisotopic (exact) mass is 368 g/mol. The number of rotatable bonds is 5. The van der Waals surface area contributed by atoms with Crippen molar-refractivity contribution in [2.24, 2.45) is 0 Å². The lowest BCUT2D eigenvalue weighted by atomic mass is 10.2. The highest BCUT2D eigenvalue weighted by Gasteiger charge is 2.15. The normalized spacial score (nSPS) is 10.3. The predicted molar refractivity (Wildman–Crippen MR) is 83.2 cm³/mol. The number of anilines is 1. The van der Waals surface area contributed by atoms with Crippen LogP contribution in [-0.4, -0.2) is 25.4 Å². The topological polar surface area (TPSA) is 62.6 Å². The molecule has 1 aromatic carbocycles. The molecule has 0 radical (unpaired) electrons. The van der Waals surface area contributed by atoms with Crippen LogP contribution in [0.3, 0.4) is 0 Å². The van der Waals surface area contributed by atoms with Gasteiger partial charge in [-0.15, -0.1) is 0 Å². The highest BCUT2D eigenvalue weighted by Crippen LogP contribution is 2.22. The van der Waals surface area contributed by atoms with E-state index in [4.69, 9.17) is 4.42 Å². The van der Waals surface area contributed by atoms with Gasteiger partial charge < -0.3 is 14.6 Å². The Labute approximate surface area is 135 Å². The van der Waals surface area contributed by atoms with Gasteiger partial charge in [0, 0.05) is 24.5 Å². The minimum Gasteiger partial charge on any atom is -0.459 e. The number of amides is 2. The number of furan rings is 1. The summed E-state index contributed by atoms with van der Waals surface area (Å²) in [6.07, 6.45) is 1.45. The van der Waals surface area contributed by atoms with Gasteiger partial charge in [0.2, 0.25) is 5.91 Å². The van der Waals surface area contributed by atoms with Gasteiger partial charge >= 0.3 is 0 Å². The molecule has 116 valence electrons. The van der Waals surface area contributed by atoms with E-state index in [0.29, 0.717) is 4.47 Å². The first-order valence-corrected chi connectivity index (χ1v) is 7.31. The van der Waals surface area contributed by atoms with Crippen molar-refractivity contribution in [2.75, 3.05) is 18.5 Å². The molecular formula is C15H14BrFN2O3. The lowest BCUT2D eigenvalue weighted by Crippen LogP contribution is -2.32. The van der Waals surface area contributed by atoms with E-state index >= 15 is 0 Å². The Kier molecular flexibility index (Phi) is 5.32. The molecule has 5 nitrogen and oxygen atoms in total. The van der Waals surface area contributed by atoms with Crippen molar-refractivity contribution in [1.29, 1.82) is 0 Å². The summed E-state index contributed by atoms with van der Waals surface area (Å²) >= 11 is 3.16. The largest absolute Gasteiger partial charge is 0.459 e. The highest BCUT2D eigenvalue weighted by molar-refractivity contribution is 9.10. The van der Waals surface area contributed by atoms with Crippen molar-refractivity contribution < 1.29 is 18.4 Å². The van der Waals surface area contributed by atoms with Crippen molar-refractivity contribution in [1.82, 2.24) is 5.32 Å². The predicted octanol–water partition coefficient (Wildman–Crippen LogP) is 2.96. The lowest BCUT2D eigenvalue weighted by molar-refractivity contribution is -0.118. The van der Waals surface area contributed by atoms with E-state index < -0.39 is 11.7 Å². The summed E-state index contributed by atoms with van der Waals surface area (Å²) < 4.78 is 19.3. The van der Waals surface area contributed by atoms with Crippen LogP contribution in [0.2, 0.25) is 0 Å². The maximum atomic E-state index is 13.8. The van der Waals surface area contributed by atoms with Crippen molar-refractivity contribution in [3.8, 4) is 0 Å². The van der Waals surface area contributed by atoms with Gasteiger partial charge in [-0.1, -0.05) is 15.9 Å². The number of hydrogen-bond donors (Lipinski definition) is 1. The van der Waals surface area contributed by atoms with Crippen LogP contribution in [0.25, 0.3) is 0 Å². The Morgan fingerprint density at radius 2 is 2.14 bits per heavy atom. The Bertz CT molecular complexity index is 673. The molecule has 2 amide bonds. The Morgan fingerprint density at radius 1 is 1.36 bits per heavy atom. The number of benzene rings is 1. The second kappa shape index (κ2) is 7.22. The minimum atomic E-state index is -0.496. The average molecular weight is 369 g/mol. The van der Waals surface area contributed by atoms with E-state index in [0.717, 1.165) is 0 Å². The Hall–Kier alpha value is -2.15. The van der Waals surface area contributed by atoms with Gasteiger partial charge in [0.1, 0.15) is 5.82 Å². The van der Waals surface area contributed by atoms with Gasteiger partial charge in [0.15, 0.2) is 5.76 Å². The van der Waals surface area contributed by atoms with Crippen molar-refractivity contribution in [2.45, 2.75) is 6.42 Å².